The summed E-state index contributed by atoms with van der Waals surface area (Å²) in [5, 5.41) is 23.1. The lowest BCUT2D eigenvalue weighted by Gasteiger charge is -2.16. The number of alkyl carbamates (subject to hydrolysis) is 1. The normalized spacial score (nSPS) is 12.2. The number of carboxylic acid groups (broad SMARTS) is 1. The van der Waals surface area contributed by atoms with E-state index in [1.165, 1.54) is 4.68 Å². The van der Waals surface area contributed by atoms with Crippen molar-refractivity contribution in [1.82, 2.24) is 35.1 Å². The SMILES string of the molecule is C[Si](C)(C)CCOCn1ccnc1CCc1nnnn1CC(=O)C(CC(=O)O)NC(=O)OCc1ccccc1. The average Bonchev–Trinajstić information content (AvgIpc) is 3.52. The Morgan fingerprint density at radius 1 is 1.10 bits per heavy atom. The molecule has 2 heterocycles. The number of amides is 1. The van der Waals surface area contributed by atoms with Gasteiger partial charge in [-0.25, -0.2) is 14.5 Å². The van der Waals surface area contributed by atoms with E-state index in [0.29, 0.717) is 32.0 Å². The maximum absolute atomic E-state index is 12.9. The van der Waals surface area contributed by atoms with Crippen molar-refractivity contribution in [3.8, 4) is 0 Å². The van der Waals surface area contributed by atoms with E-state index >= 15 is 0 Å². The fraction of sp³-hybridized carbons (Fsp3) is 0.480. The number of Topliss-reactive ketones (excluding diaryl/α,β-unsaturated/α-hetero) is 1. The Kier molecular flexibility index (Phi) is 10.9. The molecule has 39 heavy (non-hydrogen) atoms. The number of hydrogen-bond acceptors (Lipinski definition) is 9. The number of aliphatic carboxylic acids is 1. The Bertz CT molecular complexity index is 1220. The highest BCUT2D eigenvalue weighted by atomic mass is 28.3. The number of carboxylic acids is 1. The lowest BCUT2D eigenvalue weighted by molar-refractivity contribution is -0.139. The van der Waals surface area contributed by atoms with Crippen molar-refractivity contribution in [2.75, 3.05) is 6.61 Å². The van der Waals surface area contributed by atoms with Gasteiger partial charge >= 0.3 is 12.1 Å². The third kappa shape index (κ3) is 10.4. The molecule has 0 aliphatic carbocycles. The number of rotatable bonds is 16. The van der Waals surface area contributed by atoms with Gasteiger partial charge in [-0.1, -0.05) is 50.0 Å². The summed E-state index contributed by atoms with van der Waals surface area (Å²) in [5.74, 6) is -0.596. The molecule has 2 N–H and O–H groups in total. The number of imidazole rings is 1. The van der Waals surface area contributed by atoms with Gasteiger partial charge in [0.15, 0.2) is 11.6 Å². The molecule has 3 rings (SSSR count). The van der Waals surface area contributed by atoms with Crippen molar-refractivity contribution in [3.63, 3.8) is 0 Å². The first-order chi connectivity index (χ1) is 18.6. The van der Waals surface area contributed by atoms with Crippen molar-refractivity contribution in [1.29, 1.82) is 0 Å². The van der Waals surface area contributed by atoms with Crippen LogP contribution in [0.4, 0.5) is 4.79 Å². The van der Waals surface area contributed by atoms with Crippen LogP contribution in [0.3, 0.4) is 0 Å². The Morgan fingerprint density at radius 2 is 1.85 bits per heavy atom. The molecule has 0 saturated carbocycles. The third-order valence-electron chi connectivity index (χ3n) is 5.78. The zero-order valence-corrected chi connectivity index (χ0v) is 23.4. The van der Waals surface area contributed by atoms with Crippen LogP contribution in [0, 0.1) is 0 Å². The quantitative estimate of drug-likeness (QED) is 0.197. The lowest BCUT2D eigenvalue weighted by Crippen LogP contribution is -2.44. The maximum Gasteiger partial charge on any atom is 0.408 e. The van der Waals surface area contributed by atoms with E-state index in [0.717, 1.165) is 17.4 Å². The summed E-state index contributed by atoms with van der Waals surface area (Å²) in [5.41, 5.74) is 0.755. The molecule has 0 bridgehead atoms. The van der Waals surface area contributed by atoms with E-state index in [-0.39, 0.29) is 13.2 Å². The summed E-state index contributed by atoms with van der Waals surface area (Å²) in [4.78, 5) is 40.9. The van der Waals surface area contributed by atoms with Crippen LogP contribution < -0.4 is 5.32 Å². The van der Waals surface area contributed by atoms with Crippen molar-refractivity contribution < 1.29 is 29.0 Å². The van der Waals surface area contributed by atoms with Crippen LogP contribution >= 0.6 is 0 Å². The van der Waals surface area contributed by atoms with Gasteiger partial charge in [-0.2, -0.15) is 0 Å². The lowest BCUT2D eigenvalue weighted by atomic mass is 10.1. The molecule has 13 nitrogen and oxygen atoms in total. The summed E-state index contributed by atoms with van der Waals surface area (Å²) >= 11 is 0. The van der Waals surface area contributed by atoms with Gasteiger partial charge in [0.1, 0.15) is 31.7 Å². The van der Waals surface area contributed by atoms with Gasteiger partial charge < -0.3 is 24.5 Å². The van der Waals surface area contributed by atoms with Crippen LogP contribution in [-0.4, -0.2) is 73.4 Å². The highest BCUT2D eigenvalue weighted by Gasteiger charge is 2.26. The number of aromatic nitrogens is 6. The van der Waals surface area contributed by atoms with Gasteiger partial charge in [0.25, 0.3) is 0 Å². The molecule has 0 aliphatic heterocycles. The number of hydrogen-bond donors (Lipinski definition) is 2. The number of tetrazole rings is 1. The Labute approximate surface area is 227 Å². The summed E-state index contributed by atoms with van der Waals surface area (Å²) in [7, 11) is -1.17. The van der Waals surface area contributed by atoms with Crippen LogP contribution in [0.25, 0.3) is 0 Å². The minimum Gasteiger partial charge on any atom is -0.481 e. The van der Waals surface area contributed by atoms with Crippen LogP contribution in [0.2, 0.25) is 25.7 Å². The molecular formula is C25H35N7O6Si. The largest absolute Gasteiger partial charge is 0.481 e. The number of ether oxygens (including phenoxy) is 2. The minimum atomic E-state index is -1.31. The van der Waals surface area contributed by atoms with Crippen molar-refractivity contribution in [2.24, 2.45) is 0 Å². The first kappa shape index (κ1) is 29.6. The molecule has 0 aliphatic rings. The molecule has 0 spiro atoms. The summed E-state index contributed by atoms with van der Waals surface area (Å²) in [6.07, 6.45) is 2.93. The summed E-state index contributed by atoms with van der Waals surface area (Å²) in [6, 6.07) is 8.75. The predicted octanol–water partition coefficient (Wildman–Crippen LogP) is 2.31. The molecule has 210 valence electrons. The van der Waals surface area contributed by atoms with Gasteiger partial charge in [0.2, 0.25) is 0 Å². The van der Waals surface area contributed by atoms with Crippen molar-refractivity contribution in [3.05, 3.63) is 59.9 Å². The molecular weight excluding hydrogens is 522 g/mol. The molecule has 1 aromatic carbocycles. The second kappa shape index (κ2) is 14.3. The van der Waals surface area contributed by atoms with Gasteiger partial charge in [-0.3, -0.25) is 9.59 Å². The number of aryl methyl sites for hydroxylation is 2. The fourth-order valence-electron chi connectivity index (χ4n) is 3.56. The second-order valence-electron chi connectivity index (χ2n) is 10.2. The van der Waals surface area contributed by atoms with Crippen LogP contribution in [0.1, 0.15) is 23.6 Å². The first-order valence-electron chi connectivity index (χ1n) is 12.7. The van der Waals surface area contributed by atoms with E-state index < -0.39 is 38.4 Å². The fourth-order valence-corrected chi connectivity index (χ4v) is 4.32. The maximum atomic E-state index is 12.9. The topological polar surface area (TPSA) is 163 Å². The standard InChI is InChI=1S/C25H35N7O6Si/c1-39(2,3)14-13-37-18-31-12-11-26-22(31)9-10-23-28-29-30-32(23)16-21(33)20(15-24(34)35)27-25(36)38-17-19-7-5-4-6-8-19/h4-8,11-12,20H,9-10,13-18H2,1-3H3,(H,27,36)(H,34,35). The van der Waals surface area contributed by atoms with E-state index in [1.807, 2.05) is 16.8 Å². The number of carbonyl (C=O) groups excluding carboxylic acids is 2. The molecule has 0 fully saturated rings. The van der Waals surface area contributed by atoms with Gasteiger partial charge in [0, 0.05) is 39.9 Å². The van der Waals surface area contributed by atoms with Crippen LogP contribution in [0.5, 0.6) is 0 Å². The van der Waals surface area contributed by atoms with E-state index in [9.17, 15) is 19.5 Å². The third-order valence-corrected chi connectivity index (χ3v) is 7.49. The zero-order valence-electron chi connectivity index (χ0n) is 22.4. The molecule has 0 saturated heterocycles. The Balaban J connectivity index is 1.54. The number of ketones is 1. The smallest absolute Gasteiger partial charge is 0.408 e. The van der Waals surface area contributed by atoms with Crippen molar-refractivity contribution in [2.45, 2.75) is 70.9 Å². The number of nitrogens with one attached hydrogen (secondary N) is 1. The average molecular weight is 558 g/mol. The van der Waals surface area contributed by atoms with Crippen molar-refractivity contribution >= 4 is 25.9 Å². The highest BCUT2D eigenvalue weighted by molar-refractivity contribution is 6.76. The molecule has 1 atom stereocenters. The Morgan fingerprint density at radius 3 is 2.56 bits per heavy atom. The monoisotopic (exact) mass is 557 g/mol. The molecule has 14 heteroatoms. The Hall–Kier alpha value is -3.91. The zero-order chi connectivity index (χ0) is 28.3. The number of benzene rings is 1. The molecule has 1 amide bonds. The number of nitrogens with zero attached hydrogens (tertiary/aromatic N) is 6. The summed E-state index contributed by atoms with van der Waals surface area (Å²) in [6.45, 7) is 7.65. The number of carbonyl (C=O) groups is 3. The summed E-state index contributed by atoms with van der Waals surface area (Å²) < 4.78 is 14.2. The van der Waals surface area contributed by atoms with Crippen LogP contribution in [0.15, 0.2) is 42.7 Å². The first-order valence-corrected chi connectivity index (χ1v) is 16.4. The highest BCUT2D eigenvalue weighted by Crippen LogP contribution is 2.10. The molecule has 2 aromatic heterocycles. The van der Waals surface area contributed by atoms with E-state index in [1.54, 1.807) is 30.5 Å². The van der Waals surface area contributed by atoms with Gasteiger partial charge in [-0.15, -0.1) is 5.10 Å². The van der Waals surface area contributed by atoms with Crippen LogP contribution in [-0.2, 0) is 51.8 Å². The van der Waals surface area contributed by atoms with Gasteiger partial charge in [0.05, 0.1) is 6.42 Å². The minimum absolute atomic E-state index is 0.0169. The predicted molar refractivity (Wildman–Crippen MR) is 142 cm³/mol. The molecule has 1 unspecified atom stereocenters. The van der Waals surface area contributed by atoms with E-state index in [4.69, 9.17) is 9.47 Å². The molecule has 3 aromatic rings. The molecule has 0 radical (unpaired) electrons. The van der Waals surface area contributed by atoms with E-state index in [2.05, 4.69) is 45.5 Å². The van der Waals surface area contributed by atoms with Gasteiger partial charge in [-0.05, 0) is 22.0 Å². The second-order valence-corrected chi connectivity index (χ2v) is 15.9.